The third-order valence-corrected chi connectivity index (χ3v) is 3.21. The number of hydrogen-bond donors (Lipinski definition) is 1. The lowest BCUT2D eigenvalue weighted by atomic mass is 10.0. The molecule has 110 valence electrons. The summed E-state index contributed by atoms with van der Waals surface area (Å²) in [5.74, 6) is -0.181. The molecule has 0 radical (unpaired) electrons. The molecule has 1 N–H and O–H groups in total. The minimum Gasteiger partial charge on any atom is -0.310 e. The van der Waals surface area contributed by atoms with Gasteiger partial charge in [0.15, 0.2) is 0 Å². The highest BCUT2D eigenvalue weighted by Gasteiger charge is 2.12. The van der Waals surface area contributed by atoms with E-state index >= 15 is 0 Å². The zero-order valence-corrected chi connectivity index (χ0v) is 12.3. The van der Waals surface area contributed by atoms with Gasteiger partial charge in [0.1, 0.15) is 5.82 Å². The molecule has 0 spiro atoms. The molecule has 0 aliphatic rings. The second-order valence-electron chi connectivity index (χ2n) is 4.79. The van der Waals surface area contributed by atoms with Gasteiger partial charge in [-0.2, -0.15) is 0 Å². The Morgan fingerprint density at radius 1 is 1.30 bits per heavy atom. The molecule has 0 saturated heterocycles. The van der Waals surface area contributed by atoms with E-state index < -0.39 is 0 Å². The number of benzene rings is 1. The summed E-state index contributed by atoms with van der Waals surface area (Å²) in [6, 6.07) is 7.00. The van der Waals surface area contributed by atoms with Crippen molar-refractivity contribution in [1.82, 2.24) is 10.2 Å². The molecule has 20 heavy (non-hydrogen) atoms. The Kier molecular flexibility index (Phi) is 7.85. The summed E-state index contributed by atoms with van der Waals surface area (Å²) in [7, 11) is 0. The van der Waals surface area contributed by atoms with Crippen molar-refractivity contribution in [3.63, 3.8) is 0 Å². The molecule has 1 unspecified atom stereocenters. The number of nitrogens with one attached hydrogen (secondary N) is 1. The highest BCUT2D eigenvalue weighted by atomic mass is 19.1. The van der Waals surface area contributed by atoms with Gasteiger partial charge in [-0.05, 0) is 30.7 Å². The van der Waals surface area contributed by atoms with E-state index in [1.165, 1.54) is 6.07 Å². The van der Waals surface area contributed by atoms with Gasteiger partial charge in [-0.3, -0.25) is 4.90 Å². The van der Waals surface area contributed by atoms with Crippen LogP contribution < -0.4 is 5.32 Å². The third kappa shape index (κ3) is 5.68. The fraction of sp³-hybridized carbons (Fsp3) is 0.412. The molecule has 0 saturated carbocycles. The highest BCUT2D eigenvalue weighted by Crippen LogP contribution is 2.18. The molecule has 0 aliphatic carbocycles. The van der Waals surface area contributed by atoms with Crippen LogP contribution in [0.1, 0.15) is 24.9 Å². The summed E-state index contributed by atoms with van der Waals surface area (Å²) in [5, 5.41) is 3.42. The van der Waals surface area contributed by atoms with Crippen molar-refractivity contribution >= 4 is 0 Å². The van der Waals surface area contributed by atoms with Gasteiger partial charge in [0, 0.05) is 25.7 Å². The van der Waals surface area contributed by atoms with Gasteiger partial charge in [-0.15, -0.1) is 13.2 Å². The van der Waals surface area contributed by atoms with Crippen molar-refractivity contribution in [1.29, 1.82) is 0 Å². The monoisotopic (exact) mass is 276 g/mol. The summed E-state index contributed by atoms with van der Waals surface area (Å²) < 4.78 is 13.3. The average Bonchev–Trinajstić information content (AvgIpc) is 2.43. The van der Waals surface area contributed by atoms with Gasteiger partial charge >= 0.3 is 0 Å². The van der Waals surface area contributed by atoms with Crippen LogP contribution in [0.3, 0.4) is 0 Å². The number of nitrogens with zero attached hydrogens (tertiary/aromatic N) is 1. The predicted octanol–water partition coefficient (Wildman–Crippen LogP) is 3.54. The summed E-state index contributed by atoms with van der Waals surface area (Å²) in [6.07, 6.45) is 4.72. The first kappa shape index (κ1) is 16.6. The first-order valence-corrected chi connectivity index (χ1v) is 7.14. The van der Waals surface area contributed by atoms with Gasteiger partial charge in [-0.25, -0.2) is 4.39 Å². The van der Waals surface area contributed by atoms with Crippen molar-refractivity contribution in [3.8, 4) is 0 Å². The van der Waals surface area contributed by atoms with E-state index in [9.17, 15) is 4.39 Å². The Morgan fingerprint density at radius 3 is 2.55 bits per heavy atom. The van der Waals surface area contributed by atoms with Crippen molar-refractivity contribution in [2.75, 3.05) is 26.2 Å². The van der Waals surface area contributed by atoms with Crippen LogP contribution in [0.15, 0.2) is 49.6 Å². The van der Waals surface area contributed by atoms with Crippen LogP contribution in [0.4, 0.5) is 4.39 Å². The van der Waals surface area contributed by atoms with E-state index in [0.717, 1.165) is 38.2 Å². The number of rotatable bonds is 10. The summed E-state index contributed by atoms with van der Waals surface area (Å²) in [4.78, 5) is 2.27. The van der Waals surface area contributed by atoms with E-state index in [1.54, 1.807) is 12.1 Å². The standard InChI is InChI=1S/C17H25FN2/c1-4-11-20(12-5-2)13-10-17(19-6-3)15-8-7-9-16(18)14-15/h4-5,7-9,14,17,19H,1-2,6,10-13H2,3H3. The molecule has 0 amide bonds. The Labute approximate surface area is 122 Å². The maximum absolute atomic E-state index is 13.3. The lowest BCUT2D eigenvalue weighted by Gasteiger charge is -2.24. The minimum absolute atomic E-state index is 0.174. The zero-order valence-electron chi connectivity index (χ0n) is 12.3. The van der Waals surface area contributed by atoms with Crippen LogP contribution in [-0.4, -0.2) is 31.1 Å². The molecule has 2 nitrogen and oxygen atoms in total. The van der Waals surface area contributed by atoms with Crippen LogP contribution in [0.5, 0.6) is 0 Å². The second kappa shape index (κ2) is 9.45. The molecule has 0 aromatic heterocycles. The zero-order chi connectivity index (χ0) is 14.8. The van der Waals surface area contributed by atoms with E-state index in [1.807, 2.05) is 18.2 Å². The van der Waals surface area contributed by atoms with Crippen molar-refractivity contribution in [2.24, 2.45) is 0 Å². The summed E-state index contributed by atoms with van der Waals surface area (Å²) in [5.41, 5.74) is 1.00. The van der Waals surface area contributed by atoms with E-state index in [-0.39, 0.29) is 11.9 Å². The SMILES string of the molecule is C=CCN(CC=C)CCC(NCC)c1cccc(F)c1. The largest absolute Gasteiger partial charge is 0.310 e. The van der Waals surface area contributed by atoms with E-state index in [4.69, 9.17) is 0 Å². The maximum Gasteiger partial charge on any atom is 0.123 e. The summed E-state index contributed by atoms with van der Waals surface area (Å²) >= 11 is 0. The van der Waals surface area contributed by atoms with Gasteiger partial charge in [0.2, 0.25) is 0 Å². The predicted molar refractivity (Wildman–Crippen MR) is 84.3 cm³/mol. The Bertz CT molecular complexity index is 407. The molecule has 0 bridgehead atoms. The minimum atomic E-state index is -0.181. The average molecular weight is 276 g/mol. The van der Waals surface area contributed by atoms with E-state index in [2.05, 4.69) is 30.3 Å². The Morgan fingerprint density at radius 2 is 2.00 bits per heavy atom. The molecule has 0 fully saturated rings. The fourth-order valence-corrected chi connectivity index (χ4v) is 2.29. The molecule has 1 rings (SSSR count). The topological polar surface area (TPSA) is 15.3 Å². The molecule has 0 heterocycles. The van der Waals surface area contributed by atoms with Crippen molar-refractivity contribution in [2.45, 2.75) is 19.4 Å². The van der Waals surface area contributed by atoms with Crippen LogP contribution >= 0.6 is 0 Å². The number of hydrogen-bond acceptors (Lipinski definition) is 2. The Balaban J connectivity index is 2.66. The normalized spacial score (nSPS) is 12.3. The van der Waals surface area contributed by atoms with Crippen molar-refractivity contribution < 1.29 is 4.39 Å². The molecule has 3 heteroatoms. The van der Waals surface area contributed by atoms with Gasteiger partial charge in [0.25, 0.3) is 0 Å². The Hall–Kier alpha value is -1.45. The fourth-order valence-electron chi connectivity index (χ4n) is 2.29. The van der Waals surface area contributed by atoms with Crippen LogP contribution in [0, 0.1) is 5.82 Å². The molecule has 0 aliphatic heterocycles. The summed E-state index contributed by atoms with van der Waals surface area (Å²) in [6.45, 7) is 13.1. The lowest BCUT2D eigenvalue weighted by Crippen LogP contribution is -2.30. The third-order valence-electron chi connectivity index (χ3n) is 3.21. The first-order valence-electron chi connectivity index (χ1n) is 7.14. The van der Waals surface area contributed by atoms with Gasteiger partial charge in [-0.1, -0.05) is 31.2 Å². The quantitative estimate of drug-likeness (QED) is 0.658. The first-order chi connectivity index (χ1) is 9.71. The molecule has 1 aromatic carbocycles. The maximum atomic E-state index is 13.3. The van der Waals surface area contributed by atoms with E-state index in [0.29, 0.717) is 0 Å². The van der Waals surface area contributed by atoms with Crippen LogP contribution in [0.2, 0.25) is 0 Å². The lowest BCUT2D eigenvalue weighted by molar-refractivity contribution is 0.308. The number of halogens is 1. The van der Waals surface area contributed by atoms with Crippen LogP contribution in [0.25, 0.3) is 0 Å². The van der Waals surface area contributed by atoms with Crippen molar-refractivity contribution in [3.05, 3.63) is 61.0 Å². The smallest absolute Gasteiger partial charge is 0.123 e. The molecule has 1 atom stereocenters. The highest BCUT2D eigenvalue weighted by molar-refractivity contribution is 5.20. The molecule has 1 aromatic rings. The second-order valence-corrected chi connectivity index (χ2v) is 4.79. The molecular formula is C17H25FN2. The van der Waals surface area contributed by atoms with Gasteiger partial charge in [0.05, 0.1) is 0 Å². The van der Waals surface area contributed by atoms with Crippen LogP contribution in [-0.2, 0) is 0 Å². The van der Waals surface area contributed by atoms with Gasteiger partial charge < -0.3 is 5.32 Å². The molecular weight excluding hydrogens is 251 g/mol.